The number of hydrogen-bond donors (Lipinski definition) is 1. The fraction of sp³-hybridized carbons (Fsp3) is 0.250. The van der Waals surface area contributed by atoms with Crippen LogP contribution in [0.5, 0.6) is 11.5 Å². The van der Waals surface area contributed by atoms with Crippen LogP contribution in [0.4, 0.5) is 0 Å². The zero-order valence-corrected chi connectivity index (χ0v) is 15.7. The van der Waals surface area contributed by atoms with E-state index < -0.39 is 16.1 Å². The van der Waals surface area contributed by atoms with Gasteiger partial charge in [0.25, 0.3) is 0 Å². The van der Waals surface area contributed by atoms with Crippen molar-refractivity contribution in [3.05, 3.63) is 52.0 Å². The number of benzene rings is 2. The van der Waals surface area contributed by atoms with Gasteiger partial charge in [-0.3, -0.25) is 0 Å². The van der Waals surface area contributed by atoms with Gasteiger partial charge in [0.15, 0.2) is 11.5 Å². The summed E-state index contributed by atoms with van der Waals surface area (Å²) in [5.74, 6) is 0.780. The van der Waals surface area contributed by atoms with Crippen LogP contribution in [0.25, 0.3) is 0 Å². The molecule has 0 fully saturated rings. The first-order valence-electron chi connectivity index (χ1n) is 6.98. The molecule has 0 bridgehead atoms. The molecule has 0 radical (unpaired) electrons. The SMILES string of the molecule is COc1ccc(S(=O)(=O)NC(C)c2ccc(Cl)cc2Cl)cc1OC. The zero-order chi connectivity index (χ0) is 17.9. The summed E-state index contributed by atoms with van der Waals surface area (Å²) in [6, 6.07) is 8.76. The second-order valence-corrected chi connectivity index (χ2v) is 7.58. The van der Waals surface area contributed by atoms with Crippen molar-refractivity contribution < 1.29 is 17.9 Å². The Kier molecular flexibility index (Phi) is 5.98. The molecule has 0 heterocycles. The minimum absolute atomic E-state index is 0.0667. The molecule has 0 amide bonds. The number of hydrogen-bond acceptors (Lipinski definition) is 4. The molecule has 2 aromatic carbocycles. The lowest BCUT2D eigenvalue weighted by molar-refractivity contribution is 0.354. The summed E-state index contributed by atoms with van der Waals surface area (Å²) in [7, 11) is -0.846. The Morgan fingerprint density at radius 1 is 1.00 bits per heavy atom. The lowest BCUT2D eigenvalue weighted by Gasteiger charge is -2.17. The van der Waals surface area contributed by atoms with Crippen molar-refractivity contribution in [2.75, 3.05) is 14.2 Å². The Morgan fingerprint density at radius 3 is 2.25 bits per heavy atom. The van der Waals surface area contributed by atoms with Crippen LogP contribution >= 0.6 is 23.2 Å². The van der Waals surface area contributed by atoms with E-state index in [0.717, 1.165) is 0 Å². The van der Waals surface area contributed by atoms with Gasteiger partial charge < -0.3 is 9.47 Å². The van der Waals surface area contributed by atoms with Crippen LogP contribution in [-0.4, -0.2) is 22.6 Å². The van der Waals surface area contributed by atoms with Crippen LogP contribution in [0.3, 0.4) is 0 Å². The van der Waals surface area contributed by atoms with Gasteiger partial charge >= 0.3 is 0 Å². The third-order valence-corrected chi connectivity index (χ3v) is 5.53. The van der Waals surface area contributed by atoms with Gasteiger partial charge in [0.2, 0.25) is 10.0 Å². The molecule has 130 valence electrons. The highest BCUT2D eigenvalue weighted by molar-refractivity contribution is 7.89. The maximum atomic E-state index is 12.6. The molecule has 0 aliphatic heterocycles. The quantitative estimate of drug-likeness (QED) is 0.808. The Hall–Kier alpha value is -1.47. The molecule has 1 N–H and O–H groups in total. The van der Waals surface area contributed by atoms with E-state index in [2.05, 4.69) is 4.72 Å². The van der Waals surface area contributed by atoms with Crippen molar-refractivity contribution in [3.8, 4) is 11.5 Å². The van der Waals surface area contributed by atoms with Gasteiger partial charge in [0.1, 0.15) is 0 Å². The summed E-state index contributed by atoms with van der Waals surface area (Å²) in [6.45, 7) is 1.70. The molecular formula is C16H17Cl2NO4S. The Balaban J connectivity index is 2.30. The first-order valence-corrected chi connectivity index (χ1v) is 9.21. The lowest BCUT2D eigenvalue weighted by atomic mass is 10.1. The van der Waals surface area contributed by atoms with Crippen molar-refractivity contribution in [3.63, 3.8) is 0 Å². The predicted octanol–water partition coefficient (Wildman–Crippen LogP) is 4.05. The largest absolute Gasteiger partial charge is 0.493 e. The van der Waals surface area contributed by atoms with Crippen molar-refractivity contribution in [1.82, 2.24) is 4.72 Å². The number of methoxy groups -OCH3 is 2. The van der Waals surface area contributed by atoms with Crippen molar-refractivity contribution in [2.24, 2.45) is 0 Å². The normalized spacial score (nSPS) is 12.7. The molecule has 0 spiro atoms. The van der Waals surface area contributed by atoms with E-state index in [9.17, 15) is 8.42 Å². The Morgan fingerprint density at radius 2 is 1.67 bits per heavy atom. The first kappa shape index (κ1) is 18.9. The van der Waals surface area contributed by atoms with Gasteiger partial charge in [-0.05, 0) is 36.8 Å². The molecule has 0 saturated carbocycles. The van der Waals surface area contributed by atoms with Gasteiger partial charge in [-0.1, -0.05) is 29.3 Å². The molecule has 5 nitrogen and oxygen atoms in total. The topological polar surface area (TPSA) is 64.6 Å². The van der Waals surface area contributed by atoms with Crippen molar-refractivity contribution in [1.29, 1.82) is 0 Å². The second kappa shape index (κ2) is 7.61. The maximum Gasteiger partial charge on any atom is 0.241 e. The smallest absolute Gasteiger partial charge is 0.241 e. The van der Waals surface area contributed by atoms with Crippen LogP contribution < -0.4 is 14.2 Å². The van der Waals surface area contributed by atoms with Crippen LogP contribution in [0.1, 0.15) is 18.5 Å². The average Bonchev–Trinajstić information content (AvgIpc) is 2.53. The van der Waals surface area contributed by atoms with Crippen molar-refractivity contribution in [2.45, 2.75) is 17.9 Å². The first-order chi connectivity index (χ1) is 11.3. The molecule has 0 aromatic heterocycles. The van der Waals surface area contributed by atoms with Gasteiger partial charge in [0, 0.05) is 22.2 Å². The van der Waals surface area contributed by atoms with Crippen LogP contribution in [-0.2, 0) is 10.0 Å². The van der Waals surface area contributed by atoms with Gasteiger partial charge in [-0.25, -0.2) is 13.1 Å². The van der Waals surface area contributed by atoms with Gasteiger partial charge in [-0.2, -0.15) is 0 Å². The van der Waals surface area contributed by atoms with Crippen molar-refractivity contribution >= 4 is 33.2 Å². The molecule has 1 atom stereocenters. The monoisotopic (exact) mass is 389 g/mol. The number of rotatable bonds is 6. The van der Waals surface area contributed by atoms with E-state index in [-0.39, 0.29) is 4.90 Å². The molecule has 2 aromatic rings. The van der Waals surface area contributed by atoms with Crippen LogP contribution in [0, 0.1) is 0 Å². The summed E-state index contributed by atoms with van der Waals surface area (Å²) in [4.78, 5) is 0.0667. The van der Waals surface area contributed by atoms with Crippen LogP contribution in [0.2, 0.25) is 10.0 Å². The Bertz CT molecular complexity index is 840. The van der Waals surface area contributed by atoms with E-state index >= 15 is 0 Å². The lowest BCUT2D eigenvalue weighted by Crippen LogP contribution is -2.27. The molecular weight excluding hydrogens is 373 g/mol. The summed E-state index contributed by atoms with van der Waals surface area (Å²) >= 11 is 12.0. The minimum Gasteiger partial charge on any atom is -0.493 e. The standard InChI is InChI=1S/C16H17Cl2NO4S/c1-10(13-6-4-11(17)8-14(13)18)19-24(20,21)12-5-7-15(22-2)16(9-12)23-3/h4-10,19H,1-3H3. The van der Waals surface area contributed by atoms with Gasteiger partial charge in [-0.15, -0.1) is 0 Å². The molecule has 24 heavy (non-hydrogen) atoms. The van der Waals surface area contributed by atoms with Gasteiger partial charge in [0.05, 0.1) is 19.1 Å². The third-order valence-electron chi connectivity index (χ3n) is 3.43. The highest BCUT2D eigenvalue weighted by Gasteiger charge is 2.21. The Labute approximate surface area is 151 Å². The highest BCUT2D eigenvalue weighted by Crippen LogP contribution is 2.31. The molecule has 0 aliphatic carbocycles. The highest BCUT2D eigenvalue weighted by atomic mass is 35.5. The maximum absolute atomic E-state index is 12.6. The number of nitrogens with one attached hydrogen (secondary N) is 1. The molecule has 1 unspecified atom stereocenters. The number of sulfonamides is 1. The molecule has 2 rings (SSSR count). The zero-order valence-electron chi connectivity index (χ0n) is 13.3. The molecule has 8 heteroatoms. The fourth-order valence-corrected chi connectivity index (χ4v) is 4.01. The second-order valence-electron chi connectivity index (χ2n) is 5.03. The van der Waals surface area contributed by atoms with E-state index in [0.29, 0.717) is 27.1 Å². The van der Waals surface area contributed by atoms with E-state index in [1.807, 2.05) is 0 Å². The predicted molar refractivity (Wildman–Crippen MR) is 94.7 cm³/mol. The summed E-state index contributed by atoms with van der Waals surface area (Å²) in [5.41, 5.74) is 0.630. The third kappa shape index (κ3) is 4.13. The molecule has 0 saturated heterocycles. The number of halogens is 2. The molecule has 0 aliphatic rings. The summed E-state index contributed by atoms with van der Waals surface area (Å²) in [6.07, 6.45) is 0. The summed E-state index contributed by atoms with van der Waals surface area (Å²) in [5, 5.41) is 0.878. The fourth-order valence-electron chi connectivity index (χ4n) is 2.20. The van der Waals surface area contributed by atoms with E-state index in [1.54, 1.807) is 25.1 Å². The van der Waals surface area contributed by atoms with Crippen LogP contribution in [0.15, 0.2) is 41.3 Å². The van der Waals surface area contributed by atoms with E-state index in [4.69, 9.17) is 32.7 Å². The minimum atomic E-state index is -3.77. The summed E-state index contributed by atoms with van der Waals surface area (Å²) < 4.78 is 38.0. The number of ether oxygens (including phenoxy) is 2. The van der Waals surface area contributed by atoms with E-state index in [1.165, 1.54) is 32.4 Å². The average molecular weight is 390 g/mol.